The normalized spacial score (nSPS) is 10.8. The highest BCUT2D eigenvalue weighted by molar-refractivity contribution is 9.10. The lowest BCUT2D eigenvalue weighted by molar-refractivity contribution is -0.136. The summed E-state index contributed by atoms with van der Waals surface area (Å²) in [6.45, 7) is 1.90. The van der Waals surface area contributed by atoms with E-state index < -0.39 is 11.8 Å². The molecule has 0 radical (unpaired) electrons. The first-order chi connectivity index (χ1) is 16.0. The van der Waals surface area contributed by atoms with Gasteiger partial charge in [0.25, 0.3) is 0 Å². The monoisotopic (exact) mass is 501 g/mol. The second kappa shape index (κ2) is 10.1. The summed E-state index contributed by atoms with van der Waals surface area (Å²) < 4.78 is 2.70. The number of benzene rings is 3. The van der Waals surface area contributed by atoms with Gasteiger partial charge >= 0.3 is 11.8 Å². The van der Waals surface area contributed by atoms with E-state index in [1.165, 1.54) is 6.21 Å². The standard InChI is InChI=1S/C25H20BrN5O2/c1-17-6-5-7-21(14-17)28-24(32)25(33)29-27-15-19-16-31(22-8-3-2-4-9-22)30-23(19)18-10-12-20(26)13-11-18/h2-16H,1H3,(H,28,32)(H,29,33). The summed E-state index contributed by atoms with van der Waals surface area (Å²) in [5.74, 6) is -1.67. The maximum absolute atomic E-state index is 12.2. The van der Waals surface area contributed by atoms with E-state index in [0.29, 0.717) is 16.9 Å². The zero-order valence-corrected chi connectivity index (χ0v) is 19.3. The molecule has 0 bridgehead atoms. The molecule has 1 heterocycles. The summed E-state index contributed by atoms with van der Waals surface area (Å²) in [7, 11) is 0. The van der Waals surface area contributed by atoms with Crippen LogP contribution in [0.3, 0.4) is 0 Å². The molecule has 33 heavy (non-hydrogen) atoms. The molecule has 4 rings (SSSR count). The van der Waals surface area contributed by atoms with Crippen molar-refractivity contribution < 1.29 is 9.59 Å². The smallest absolute Gasteiger partial charge is 0.318 e. The van der Waals surface area contributed by atoms with Crippen molar-refractivity contribution in [3.05, 3.63) is 101 Å². The van der Waals surface area contributed by atoms with E-state index in [2.05, 4.69) is 31.8 Å². The van der Waals surface area contributed by atoms with Crippen molar-refractivity contribution in [1.82, 2.24) is 15.2 Å². The van der Waals surface area contributed by atoms with Gasteiger partial charge in [0.2, 0.25) is 0 Å². The van der Waals surface area contributed by atoms with Crippen molar-refractivity contribution >= 4 is 39.6 Å². The summed E-state index contributed by atoms with van der Waals surface area (Å²) in [4.78, 5) is 24.3. The number of rotatable bonds is 5. The van der Waals surface area contributed by atoms with E-state index in [4.69, 9.17) is 5.10 Å². The number of nitrogens with zero attached hydrogens (tertiary/aromatic N) is 3. The Bertz CT molecular complexity index is 1310. The van der Waals surface area contributed by atoms with Gasteiger partial charge in [0, 0.05) is 27.5 Å². The molecule has 7 nitrogen and oxygen atoms in total. The van der Waals surface area contributed by atoms with Gasteiger partial charge in [0.15, 0.2) is 0 Å². The molecule has 1 aromatic heterocycles. The fourth-order valence-electron chi connectivity index (χ4n) is 3.15. The van der Waals surface area contributed by atoms with Crippen LogP contribution >= 0.6 is 15.9 Å². The van der Waals surface area contributed by atoms with Crippen LogP contribution in [0.1, 0.15) is 11.1 Å². The van der Waals surface area contributed by atoms with Gasteiger partial charge in [-0.1, -0.05) is 58.4 Å². The number of halogens is 1. The highest BCUT2D eigenvalue weighted by Crippen LogP contribution is 2.24. The van der Waals surface area contributed by atoms with Gasteiger partial charge in [0.1, 0.15) is 5.69 Å². The lowest BCUT2D eigenvalue weighted by Gasteiger charge is -2.04. The van der Waals surface area contributed by atoms with Crippen LogP contribution in [0, 0.1) is 6.92 Å². The van der Waals surface area contributed by atoms with E-state index in [-0.39, 0.29) is 0 Å². The zero-order valence-electron chi connectivity index (χ0n) is 17.7. The van der Waals surface area contributed by atoms with Crippen molar-refractivity contribution in [2.75, 3.05) is 5.32 Å². The van der Waals surface area contributed by atoms with E-state index in [1.807, 2.05) is 73.8 Å². The SMILES string of the molecule is Cc1cccc(NC(=O)C(=O)NN=Cc2cn(-c3ccccc3)nc2-c2ccc(Br)cc2)c1. The minimum Gasteiger partial charge on any atom is -0.318 e. The van der Waals surface area contributed by atoms with Gasteiger partial charge in [-0.2, -0.15) is 10.2 Å². The number of aromatic nitrogens is 2. The van der Waals surface area contributed by atoms with Gasteiger partial charge in [0.05, 0.1) is 11.9 Å². The molecule has 0 aliphatic rings. The van der Waals surface area contributed by atoms with Crippen LogP contribution < -0.4 is 10.7 Å². The van der Waals surface area contributed by atoms with Gasteiger partial charge < -0.3 is 5.32 Å². The van der Waals surface area contributed by atoms with Crippen LogP contribution in [0.15, 0.2) is 94.6 Å². The summed E-state index contributed by atoms with van der Waals surface area (Å²) in [6.07, 6.45) is 3.29. The Morgan fingerprint density at radius 2 is 1.73 bits per heavy atom. The third-order valence-corrected chi connectivity index (χ3v) is 5.26. The van der Waals surface area contributed by atoms with E-state index >= 15 is 0 Å². The lowest BCUT2D eigenvalue weighted by atomic mass is 10.1. The molecule has 164 valence electrons. The minimum absolute atomic E-state index is 0.542. The largest absolute Gasteiger partial charge is 0.329 e. The number of aryl methyl sites for hydroxylation is 1. The third-order valence-electron chi connectivity index (χ3n) is 4.73. The van der Waals surface area contributed by atoms with Crippen LogP contribution in [-0.2, 0) is 9.59 Å². The van der Waals surface area contributed by atoms with Gasteiger partial charge in [-0.15, -0.1) is 0 Å². The summed E-state index contributed by atoms with van der Waals surface area (Å²) in [6, 6.07) is 24.6. The Balaban J connectivity index is 1.53. The second-order valence-electron chi connectivity index (χ2n) is 7.24. The number of anilines is 1. The topological polar surface area (TPSA) is 88.4 Å². The number of amides is 2. The first kappa shape index (κ1) is 22.2. The van der Waals surface area contributed by atoms with Crippen LogP contribution in [-0.4, -0.2) is 27.8 Å². The molecule has 8 heteroatoms. The van der Waals surface area contributed by atoms with Crippen molar-refractivity contribution in [2.45, 2.75) is 6.92 Å². The zero-order chi connectivity index (χ0) is 23.2. The van der Waals surface area contributed by atoms with E-state index in [1.54, 1.807) is 22.9 Å². The molecule has 2 N–H and O–H groups in total. The number of hydrogen-bond acceptors (Lipinski definition) is 4. The molecular formula is C25H20BrN5O2. The second-order valence-corrected chi connectivity index (χ2v) is 8.16. The molecule has 0 aliphatic heterocycles. The molecule has 0 aliphatic carbocycles. The molecule has 0 unspecified atom stereocenters. The highest BCUT2D eigenvalue weighted by Gasteiger charge is 2.14. The number of hydrogen-bond donors (Lipinski definition) is 2. The molecule has 0 atom stereocenters. The Hall–Kier alpha value is -4.04. The van der Waals surface area contributed by atoms with Crippen molar-refractivity contribution in [1.29, 1.82) is 0 Å². The molecule has 0 spiro atoms. The number of para-hydroxylation sites is 1. The summed E-state index contributed by atoms with van der Waals surface area (Å²) in [5.41, 5.74) is 6.94. The number of carbonyl (C=O) groups excluding carboxylic acids is 2. The summed E-state index contributed by atoms with van der Waals surface area (Å²) in [5, 5.41) is 11.2. The lowest BCUT2D eigenvalue weighted by Crippen LogP contribution is -2.32. The van der Waals surface area contributed by atoms with Crippen LogP contribution in [0.25, 0.3) is 16.9 Å². The fourth-order valence-corrected chi connectivity index (χ4v) is 3.41. The predicted octanol–water partition coefficient (Wildman–Crippen LogP) is 4.70. The number of nitrogens with one attached hydrogen (secondary N) is 2. The minimum atomic E-state index is -0.867. The number of carbonyl (C=O) groups is 2. The van der Waals surface area contributed by atoms with Gasteiger partial charge in [-0.25, -0.2) is 10.1 Å². The maximum atomic E-state index is 12.2. The van der Waals surface area contributed by atoms with E-state index in [9.17, 15) is 9.59 Å². The molecule has 0 fully saturated rings. The molecule has 0 saturated heterocycles. The molecular weight excluding hydrogens is 482 g/mol. The van der Waals surface area contributed by atoms with Crippen LogP contribution in [0.5, 0.6) is 0 Å². The Morgan fingerprint density at radius 1 is 0.970 bits per heavy atom. The Kier molecular flexibility index (Phi) is 6.75. The van der Waals surface area contributed by atoms with Crippen molar-refractivity contribution in [3.63, 3.8) is 0 Å². The number of hydrazone groups is 1. The van der Waals surface area contributed by atoms with Crippen LogP contribution in [0.2, 0.25) is 0 Å². The Morgan fingerprint density at radius 3 is 2.45 bits per heavy atom. The summed E-state index contributed by atoms with van der Waals surface area (Å²) >= 11 is 3.44. The van der Waals surface area contributed by atoms with Gasteiger partial charge in [-0.3, -0.25) is 9.59 Å². The average Bonchev–Trinajstić information content (AvgIpc) is 3.24. The predicted molar refractivity (Wildman–Crippen MR) is 132 cm³/mol. The Labute approximate surface area is 199 Å². The first-order valence-corrected chi connectivity index (χ1v) is 10.9. The molecule has 2 amide bonds. The molecule has 3 aromatic carbocycles. The fraction of sp³-hybridized carbons (Fsp3) is 0.0400. The van der Waals surface area contributed by atoms with Crippen LogP contribution in [0.4, 0.5) is 5.69 Å². The first-order valence-electron chi connectivity index (χ1n) is 10.1. The highest BCUT2D eigenvalue weighted by atomic mass is 79.9. The third kappa shape index (κ3) is 5.61. The van der Waals surface area contributed by atoms with E-state index in [0.717, 1.165) is 21.3 Å². The quantitative estimate of drug-likeness (QED) is 0.236. The van der Waals surface area contributed by atoms with Crippen molar-refractivity contribution in [2.24, 2.45) is 5.10 Å². The molecule has 0 saturated carbocycles. The maximum Gasteiger partial charge on any atom is 0.329 e. The van der Waals surface area contributed by atoms with Gasteiger partial charge in [-0.05, 0) is 48.9 Å². The average molecular weight is 502 g/mol. The van der Waals surface area contributed by atoms with Crippen molar-refractivity contribution in [3.8, 4) is 16.9 Å². The molecule has 4 aromatic rings.